The Morgan fingerprint density at radius 2 is 1.46 bits per heavy atom. The molecule has 0 aromatic heterocycles. The first-order valence-electron chi connectivity index (χ1n) is 9.39. The molecule has 0 heterocycles. The second-order valence-corrected chi connectivity index (χ2v) is 8.10. The highest BCUT2D eigenvalue weighted by atomic mass is 127. The molecule has 0 amide bonds. The molecule has 0 aliphatic heterocycles. The van der Waals surface area contributed by atoms with Gasteiger partial charge in [-0.1, -0.05) is 91.5 Å². The summed E-state index contributed by atoms with van der Waals surface area (Å²) in [5.74, 6) is 0. The van der Waals surface area contributed by atoms with E-state index in [4.69, 9.17) is 0 Å². The van der Waals surface area contributed by atoms with Crippen LogP contribution in [0.25, 0.3) is 34.1 Å². The van der Waals surface area contributed by atoms with E-state index in [1.807, 2.05) is 12.1 Å². The third-order valence-electron chi connectivity index (χ3n) is 4.91. The zero-order valence-electron chi connectivity index (χ0n) is 15.6. The molecule has 0 saturated carbocycles. The predicted octanol–water partition coefficient (Wildman–Crippen LogP) is 8.01. The summed E-state index contributed by atoms with van der Waals surface area (Å²) in [4.78, 5) is 0. The minimum Gasteiger partial charge on any atom is -0.0984 e. The van der Waals surface area contributed by atoms with Gasteiger partial charge in [-0.15, -0.1) is 0 Å². The van der Waals surface area contributed by atoms with E-state index in [0.717, 1.165) is 6.42 Å². The van der Waals surface area contributed by atoms with E-state index < -0.39 is 0 Å². The van der Waals surface area contributed by atoms with Gasteiger partial charge in [0.05, 0.1) is 0 Å². The maximum atomic E-state index is 3.90. The fraction of sp³-hybridized carbons (Fsp3) is 0.0370. The van der Waals surface area contributed by atoms with Crippen molar-refractivity contribution < 1.29 is 0 Å². The van der Waals surface area contributed by atoms with Crippen molar-refractivity contribution in [3.63, 3.8) is 0 Å². The quantitative estimate of drug-likeness (QED) is 0.258. The van der Waals surface area contributed by atoms with E-state index >= 15 is 0 Å². The molecular formula is C27H21I. The molecule has 0 aliphatic rings. The highest BCUT2D eigenvalue weighted by molar-refractivity contribution is 14.1. The number of fused-ring (bicyclic) bond motifs is 1. The van der Waals surface area contributed by atoms with Crippen molar-refractivity contribution in [1.82, 2.24) is 0 Å². The normalized spacial score (nSPS) is 11.2. The second-order valence-electron chi connectivity index (χ2n) is 6.85. The van der Waals surface area contributed by atoms with Crippen LogP contribution in [0.2, 0.25) is 0 Å². The van der Waals surface area contributed by atoms with Crippen LogP contribution in [0, 0.1) is 3.57 Å². The number of benzene rings is 4. The van der Waals surface area contributed by atoms with Gasteiger partial charge in [-0.2, -0.15) is 0 Å². The molecule has 0 fully saturated rings. The van der Waals surface area contributed by atoms with E-state index in [-0.39, 0.29) is 0 Å². The van der Waals surface area contributed by atoms with Crippen LogP contribution in [-0.2, 0) is 6.42 Å². The van der Waals surface area contributed by atoms with Crippen LogP contribution >= 0.6 is 22.6 Å². The molecule has 0 spiro atoms. The van der Waals surface area contributed by atoms with Crippen molar-refractivity contribution in [2.45, 2.75) is 6.42 Å². The first kappa shape index (κ1) is 18.7. The molecule has 4 aromatic rings. The van der Waals surface area contributed by atoms with Gasteiger partial charge in [0.1, 0.15) is 0 Å². The maximum absolute atomic E-state index is 3.90. The highest BCUT2D eigenvalue weighted by Crippen LogP contribution is 2.27. The van der Waals surface area contributed by atoms with Crippen LogP contribution in [0.15, 0.2) is 97.6 Å². The lowest BCUT2D eigenvalue weighted by Crippen LogP contribution is -1.87. The van der Waals surface area contributed by atoms with Gasteiger partial charge in [-0.05, 0) is 85.8 Å². The summed E-state index contributed by atoms with van der Waals surface area (Å²) in [5, 5.41) is 2.56. The smallest absolute Gasteiger partial charge is 0.0139 e. The molecule has 0 unspecified atom stereocenters. The van der Waals surface area contributed by atoms with E-state index in [0.29, 0.717) is 0 Å². The Bertz CT molecular complexity index is 1170. The van der Waals surface area contributed by atoms with Crippen molar-refractivity contribution in [3.05, 3.63) is 118 Å². The lowest BCUT2D eigenvalue weighted by Gasteiger charge is -2.08. The molecule has 0 atom stereocenters. The van der Waals surface area contributed by atoms with Crippen molar-refractivity contribution in [2.75, 3.05) is 0 Å². The van der Waals surface area contributed by atoms with Gasteiger partial charge in [-0.25, -0.2) is 0 Å². The highest BCUT2D eigenvalue weighted by Gasteiger charge is 2.03. The molecule has 136 valence electrons. The van der Waals surface area contributed by atoms with Gasteiger partial charge in [0.25, 0.3) is 0 Å². The Hall–Kier alpha value is -2.65. The fourth-order valence-corrected chi connectivity index (χ4v) is 4.21. The largest absolute Gasteiger partial charge is 0.0984 e. The molecule has 4 rings (SSSR count). The summed E-state index contributed by atoms with van der Waals surface area (Å²) in [5.41, 5.74) is 6.23. The molecule has 0 aliphatic carbocycles. The number of allylic oxidation sites excluding steroid dienone is 1. The van der Waals surface area contributed by atoms with Crippen molar-refractivity contribution in [1.29, 1.82) is 0 Å². The second kappa shape index (κ2) is 8.57. The summed E-state index contributed by atoms with van der Waals surface area (Å²) in [6.45, 7) is 3.90. The Balaban J connectivity index is 1.61. The average Bonchev–Trinajstić information content (AvgIpc) is 2.73. The summed E-state index contributed by atoms with van der Waals surface area (Å²) >= 11 is 2.41. The third kappa shape index (κ3) is 4.26. The Morgan fingerprint density at radius 1 is 0.714 bits per heavy atom. The molecule has 0 saturated heterocycles. The third-order valence-corrected chi connectivity index (χ3v) is 5.53. The summed E-state index contributed by atoms with van der Waals surface area (Å²) in [7, 11) is 0. The van der Waals surface area contributed by atoms with Gasteiger partial charge >= 0.3 is 0 Å². The zero-order valence-corrected chi connectivity index (χ0v) is 17.8. The van der Waals surface area contributed by atoms with Gasteiger partial charge in [-0.3, -0.25) is 0 Å². The van der Waals surface area contributed by atoms with E-state index in [1.165, 1.54) is 42.2 Å². The summed E-state index contributed by atoms with van der Waals surface area (Å²) in [6, 6.07) is 30.4. The number of halogens is 1. The monoisotopic (exact) mass is 472 g/mol. The topological polar surface area (TPSA) is 0 Å². The summed E-state index contributed by atoms with van der Waals surface area (Å²) < 4.78 is 1.26. The first-order chi connectivity index (χ1) is 13.7. The number of rotatable bonds is 5. The van der Waals surface area contributed by atoms with Gasteiger partial charge < -0.3 is 0 Å². The SMILES string of the molecule is C=Cc1ccccc1/C=C\Cc1cc(I)cc(-c2ccc3ccccc3c2)c1. The Kier molecular flexibility index (Phi) is 5.73. The summed E-state index contributed by atoms with van der Waals surface area (Å²) in [6.07, 6.45) is 7.23. The Morgan fingerprint density at radius 3 is 2.29 bits per heavy atom. The predicted molar refractivity (Wildman–Crippen MR) is 131 cm³/mol. The van der Waals surface area contributed by atoms with Crippen LogP contribution in [0.3, 0.4) is 0 Å². The average molecular weight is 472 g/mol. The van der Waals surface area contributed by atoms with Crippen molar-refractivity contribution >= 4 is 45.5 Å². The zero-order chi connectivity index (χ0) is 19.3. The molecule has 1 heteroatoms. The standard InChI is InChI=1S/C27H21I/c1-2-21-9-3-4-10-22(21)13-7-8-20-16-26(19-27(28)17-20)25-15-14-23-11-5-6-12-24(23)18-25/h2-7,9-19H,1,8H2/b13-7-. The number of hydrogen-bond acceptors (Lipinski definition) is 0. The van der Waals surface area contributed by atoms with Crippen LogP contribution < -0.4 is 0 Å². The maximum Gasteiger partial charge on any atom is 0.0139 e. The van der Waals surface area contributed by atoms with Crippen molar-refractivity contribution in [3.8, 4) is 11.1 Å². The van der Waals surface area contributed by atoms with Crippen LogP contribution in [0.1, 0.15) is 16.7 Å². The minimum atomic E-state index is 0.906. The van der Waals surface area contributed by atoms with E-state index in [9.17, 15) is 0 Å². The lowest BCUT2D eigenvalue weighted by molar-refractivity contribution is 1.27. The molecule has 0 bridgehead atoms. The van der Waals surface area contributed by atoms with E-state index in [2.05, 4.69) is 120 Å². The fourth-order valence-electron chi connectivity index (χ4n) is 3.47. The minimum absolute atomic E-state index is 0.906. The molecule has 28 heavy (non-hydrogen) atoms. The van der Waals surface area contributed by atoms with Gasteiger partial charge in [0.15, 0.2) is 0 Å². The Labute approximate surface area is 180 Å². The molecule has 0 N–H and O–H groups in total. The number of hydrogen-bond donors (Lipinski definition) is 0. The van der Waals surface area contributed by atoms with E-state index in [1.54, 1.807) is 0 Å². The van der Waals surface area contributed by atoms with Crippen LogP contribution in [0.5, 0.6) is 0 Å². The van der Waals surface area contributed by atoms with Crippen molar-refractivity contribution in [2.24, 2.45) is 0 Å². The van der Waals surface area contributed by atoms with Gasteiger partial charge in [0, 0.05) is 3.57 Å². The molecule has 4 aromatic carbocycles. The molecular weight excluding hydrogens is 451 g/mol. The van der Waals surface area contributed by atoms with Crippen LogP contribution in [-0.4, -0.2) is 0 Å². The molecule has 0 radical (unpaired) electrons. The molecule has 0 nitrogen and oxygen atoms in total. The first-order valence-corrected chi connectivity index (χ1v) is 10.5. The van der Waals surface area contributed by atoms with Gasteiger partial charge in [0.2, 0.25) is 0 Å². The van der Waals surface area contributed by atoms with Crippen LogP contribution in [0.4, 0.5) is 0 Å². The lowest BCUT2D eigenvalue weighted by atomic mass is 9.98.